The second-order valence-electron chi connectivity index (χ2n) is 4.61. The molecule has 0 aliphatic carbocycles. The van der Waals surface area contributed by atoms with Crippen LogP contribution in [0, 0.1) is 5.92 Å². The summed E-state index contributed by atoms with van der Waals surface area (Å²) in [7, 11) is 0. The van der Waals surface area contributed by atoms with Crippen LogP contribution in [0.5, 0.6) is 0 Å². The lowest BCUT2D eigenvalue weighted by molar-refractivity contribution is -0.120. The van der Waals surface area contributed by atoms with E-state index in [-0.39, 0.29) is 11.8 Å². The largest absolute Gasteiger partial charge is 0.273 e. The molecule has 0 spiro atoms. The van der Waals surface area contributed by atoms with Gasteiger partial charge in [-0.1, -0.05) is 32.0 Å². The first-order chi connectivity index (χ1) is 9.09. The highest BCUT2D eigenvalue weighted by Crippen LogP contribution is 2.24. The summed E-state index contributed by atoms with van der Waals surface area (Å²) in [5.74, 6) is -0.259. The minimum atomic E-state index is -0.143. The molecule has 0 radical (unpaired) electrons. The van der Waals surface area contributed by atoms with E-state index in [0.717, 1.165) is 5.56 Å². The molecule has 0 atom stereocenters. The van der Waals surface area contributed by atoms with Crippen LogP contribution >= 0.6 is 11.8 Å². The summed E-state index contributed by atoms with van der Waals surface area (Å²) in [6.07, 6.45) is 3.60. The van der Waals surface area contributed by atoms with Gasteiger partial charge in [0.15, 0.2) is 0 Å². The number of nitrogens with zero attached hydrogens (tertiary/aromatic N) is 3. The van der Waals surface area contributed by atoms with E-state index < -0.39 is 0 Å². The number of rotatable bonds is 4. The summed E-state index contributed by atoms with van der Waals surface area (Å²) in [6, 6.07) is 9.43. The molecule has 2 rings (SSSR count). The van der Waals surface area contributed by atoms with Crippen molar-refractivity contribution >= 4 is 23.4 Å². The number of amides is 1. The first kappa shape index (κ1) is 13.6. The van der Waals surface area contributed by atoms with E-state index in [9.17, 15) is 4.79 Å². The summed E-state index contributed by atoms with van der Waals surface area (Å²) >= 11 is 6.15. The van der Waals surface area contributed by atoms with Gasteiger partial charge < -0.3 is 0 Å². The molecule has 5 heteroatoms. The van der Waals surface area contributed by atoms with Crippen LogP contribution in [0.4, 0.5) is 5.69 Å². The first-order valence-corrected chi connectivity index (χ1v) is 6.48. The molecule has 19 heavy (non-hydrogen) atoms. The summed E-state index contributed by atoms with van der Waals surface area (Å²) in [5, 5.41) is 4.16. The zero-order chi connectivity index (χ0) is 13.8. The predicted octanol–water partition coefficient (Wildman–Crippen LogP) is 3.07. The van der Waals surface area contributed by atoms with Crippen molar-refractivity contribution in [2.75, 3.05) is 4.42 Å². The Morgan fingerprint density at radius 1 is 1.37 bits per heavy atom. The van der Waals surface area contributed by atoms with Crippen molar-refractivity contribution in [1.29, 1.82) is 0 Å². The van der Waals surface area contributed by atoms with Crippen LogP contribution in [0.2, 0.25) is 0 Å². The van der Waals surface area contributed by atoms with Crippen molar-refractivity contribution in [3.05, 3.63) is 48.3 Å². The Hall–Kier alpha value is -1.81. The number of anilines is 1. The minimum absolute atomic E-state index is 0.116. The Labute approximate surface area is 117 Å². The van der Waals surface area contributed by atoms with E-state index in [2.05, 4.69) is 5.10 Å². The van der Waals surface area contributed by atoms with Gasteiger partial charge in [0, 0.05) is 30.1 Å². The molecule has 0 N–H and O–H groups in total. The number of halogens is 1. The maximum atomic E-state index is 12.0. The maximum Gasteiger partial charge on any atom is 0.244 e. The Kier molecular flexibility index (Phi) is 4.22. The lowest BCUT2D eigenvalue weighted by atomic mass is 10.1. The summed E-state index contributed by atoms with van der Waals surface area (Å²) in [5.41, 5.74) is 1.66. The Bertz CT molecular complexity index is 552. The molecule has 0 saturated carbocycles. The topological polar surface area (TPSA) is 38.1 Å². The number of aromatic nitrogens is 2. The minimum Gasteiger partial charge on any atom is -0.273 e. The molecule has 0 saturated heterocycles. The lowest BCUT2D eigenvalue weighted by Crippen LogP contribution is -2.26. The van der Waals surface area contributed by atoms with Gasteiger partial charge in [0.2, 0.25) is 5.91 Å². The number of benzene rings is 1. The van der Waals surface area contributed by atoms with Gasteiger partial charge in [0.25, 0.3) is 0 Å². The molecule has 0 bridgehead atoms. The van der Waals surface area contributed by atoms with E-state index in [4.69, 9.17) is 11.8 Å². The molecule has 2 aromatic rings. The highest BCUT2D eigenvalue weighted by atomic mass is 35.5. The van der Waals surface area contributed by atoms with Crippen LogP contribution in [0.1, 0.15) is 19.4 Å². The fourth-order valence-corrected chi connectivity index (χ4v) is 2.11. The molecule has 1 amide bonds. The molecule has 1 heterocycles. The van der Waals surface area contributed by atoms with Crippen molar-refractivity contribution in [2.24, 2.45) is 5.92 Å². The number of hydrogen-bond donors (Lipinski definition) is 0. The summed E-state index contributed by atoms with van der Waals surface area (Å²) in [6.45, 7) is 4.24. The van der Waals surface area contributed by atoms with Crippen molar-refractivity contribution in [2.45, 2.75) is 20.4 Å². The maximum absolute atomic E-state index is 12.0. The van der Waals surface area contributed by atoms with Crippen LogP contribution < -0.4 is 4.42 Å². The molecule has 1 aromatic carbocycles. The van der Waals surface area contributed by atoms with Gasteiger partial charge in [0.1, 0.15) is 0 Å². The summed E-state index contributed by atoms with van der Waals surface area (Å²) < 4.78 is 2.99. The van der Waals surface area contributed by atoms with Gasteiger partial charge in [0.05, 0.1) is 12.2 Å². The second kappa shape index (κ2) is 5.89. The SMILES string of the molecule is CC(C)C(=O)N(Cl)c1ccccc1Cn1cccn1. The fraction of sp³-hybridized carbons (Fsp3) is 0.286. The number of carbonyl (C=O) groups is 1. The molecular weight excluding hydrogens is 262 g/mol. The Morgan fingerprint density at radius 2 is 2.11 bits per heavy atom. The average Bonchev–Trinajstić information content (AvgIpc) is 2.90. The van der Waals surface area contributed by atoms with Gasteiger partial charge in [-0.3, -0.25) is 9.48 Å². The van der Waals surface area contributed by atoms with E-state index in [0.29, 0.717) is 12.2 Å². The molecule has 1 aromatic heterocycles. The Balaban J connectivity index is 2.28. The van der Waals surface area contributed by atoms with Crippen LogP contribution in [0.15, 0.2) is 42.7 Å². The van der Waals surface area contributed by atoms with Crippen molar-refractivity contribution in [1.82, 2.24) is 9.78 Å². The monoisotopic (exact) mass is 277 g/mol. The molecule has 4 nitrogen and oxygen atoms in total. The number of carbonyl (C=O) groups excluding carboxylic acids is 1. The smallest absolute Gasteiger partial charge is 0.244 e. The molecule has 0 aliphatic rings. The van der Waals surface area contributed by atoms with Crippen LogP contribution in [0.25, 0.3) is 0 Å². The third kappa shape index (κ3) is 3.15. The van der Waals surface area contributed by atoms with Gasteiger partial charge in [-0.2, -0.15) is 5.10 Å². The van der Waals surface area contributed by atoms with Gasteiger partial charge in [-0.25, -0.2) is 4.42 Å². The quantitative estimate of drug-likeness (QED) is 0.806. The van der Waals surface area contributed by atoms with Gasteiger partial charge >= 0.3 is 0 Å². The first-order valence-electron chi connectivity index (χ1n) is 6.14. The zero-order valence-electron chi connectivity index (χ0n) is 11.0. The van der Waals surface area contributed by atoms with E-state index in [1.807, 2.05) is 50.4 Å². The Morgan fingerprint density at radius 3 is 2.74 bits per heavy atom. The standard InChI is InChI=1S/C14H16ClN3O/c1-11(2)14(19)18(15)13-7-4-3-6-12(13)10-17-9-5-8-16-17/h3-9,11H,10H2,1-2H3. The molecular formula is C14H16ClN3O. The van der Waals surface area contributed by atoms with Gasteiger partial charge in [-0.05, 0) is 17.7 Å². The zero-order valence-corrected chi connectivity index (χ0v) is 11.7. The van der Waals surface area contributed by atoms with E-state index in [1.54, 1.807) is 10.9 Å². The molecule has 0 unspecified atom stereocenters. The van der Waals surface area contributed by atoms with Crippen LogP contribution in [-0.4, -0.2) is 15.7 Å². The summed E-state index contributed by atoms with van der Waals surface area (Å²) in [4.78, 5) is 12.0. The van der Waals surface area contributed by atoms with Crippen molar-refractivity contribution < 1.29 is 4.79 Å². The number of hydrogen-bond acceptors (Lipinski definition) is 2. The van der Waals surface area contributed by atoms with Crippen molar-refractivity contribution in [3.8, 4) is 0 Å². The number of para-hydroxylation sites is 1. The van der Waals surface area contributed by atoms with E-state index in [1.165, 1.54) is 4.42 Å². The molecule has 0 aliphatic heterocycles. The molecule has 100 valence electrons. The van der Waals surface area contributed by atoms with E-state index >= 15 is 0 Å². The van der Waals surface area contributed by atoms with Crippen LogP contribution in [-0.2, 0) is 11.3 Å². The normalized spacial score (nSPS) is 10.7. The third-order valence-corrected chi connectivity index (χ3v) is 3.13. The molecule has 0 fully saturated rings. The third-order valence-electron chi connectivity index (χ3n) is 2.78. The highest BCUT2D eigenvalue weighted by Gasteiger charge is 2.19. The van der Waals surface area contributed by atoms with Crippen LogP contribution in [0.3, 0.4) is 0 Å². The average molecular weight is 278 g/mol. The fourth-order valence-electron chi connectivity index (χ4n) is 1.75. The lowest BCUT2D eigenvalue weighted by Gasteiger charge is -2.19. The van der Waals surface area contributed by atoms with Gasteiger partial charge in [-0.15, -0.1) is 0 Å². The predicted molar refractivity (Wildman–Crippen MR) is 75.9 cm³/mol. The second-order valence-corrected chi connectivity index (χ2v) is 4.94. The highest BCUT2D eigenvalue weighted by molar-refractivity contribution is 6.37. The van der Waals surface area contributed by atoms with Crippen molar-refractivity contribution in [3.63, 3.8) is 0 Å².